The number of hydrogen-bond donors (Lipinski definition) is 0. The van der Waals surface area contributed by atoms with Gasteiger partial charge in [0.1, 0.15) is 0 Å². The monoisotopic (exact) mass is 401 g/mol. The molecule has 1 aromatic carbocycles. The minimum Gasteiger partial charge on any atom is -0.339 e. The van der Waals surface area contributed by atoms with E-state index in [2.05, 4.69) is 40.7 Å². The fraction of sp³-hybridized carbons (Fsp3) is 0.500. The topological polar surface area (TPSA) is 71.3 Å². The van der Waals surface area contributed by atoms with Crippen LogP contribution in [0, 0.1) is 6.92 Å². The first kappa shape index (κ1) is 20.4. The second-order valence-corrected chi connectivity index (χ2v) is 7.95. The number of rotatable bonds is 6. The van der Waals surface area contributed by atoms with Crippen LogP contribution in [0.3, 0.4) is 0 Å². The molecule has 3 rings (SSSR count). The minimum absolute atomic E-state index is 0.0674. The van der Waals surface area contributed by atoms with E-state index >= 15 is 0 Å². The van der Waals surface area contributed by atoms with Gasteiger partial charge in [0.2, 0.25) is 11.8 Å². The molecule has 28 heavy (non-hydrogen) atoms. The van der Waals surface area contributed by atoms with Gasteiger partial charge in [0.25, 0.3) is 0 Å². The van der Waals surface area contributed by atoms with Crippen molar-refractivity contribution in [2.24, 2.45) is 0 Å². The average Bonchev–Trinajstić information content (AvgIpc) is 3.09. The molecule has 150 valence electrons. The molecule has 1 fully saturated rings. The Bertz CT molecular complexity index is 843. The molecule has 0 spiro atoms. The molecule has 0 radical (unpaired) electrons. The molecular weight excluding hydrogens is 374 g/mol. The van der Waals surface area contributed by atoms with Gasteiger partial charge in [0.15, 0.2) is 11.0 Å². The van der Waals surface area contributed by atoms with Gasteiger partial charge in [0.05, 0.1) is 5.75 Å². The third kappa shape index (κ3) is 4.73. The third-order valence-electron chi connectivity index (χ3n) is 4.84. The molecule has 0 bridgehead atoms. The van der Waals surface area contributed by atoms with Crippen LogP contribution in [0.15, 0.2) is 29.4 Å². The summed E-state index contributed by atoms with van der Waals surface area (Å²) in [5.74, 6) is 1.32. The van der Waals surface area contributed by atoms with Crippen molar-refractivity contribution in [3.63, 3.8) is 0 Å². The normalized spacial score (nSPS) is 14.4. The molecule has 2 amide bonds. The lowest BCUT2D eigenvalue weighted by Gasteiger charge is -2.34. The molecule has 0 saturated carbocycles. The lowest BCUT2D eigenvalue weighted by atomic mass is 10.1. The second kappa shape index (κ2) is 9.23. The van der Waals surface area contributed by atoms with E-state index in [1.807, 2.05) is 17.0 Å². The summed E-state index contributed by atoms with van der Waals surface area (Å²) in [5, 5.41) is 9.51. The quantitative estimate of drug-likeness (QED) is 0.696. The summed E-state index contributed by atoms with van der Waals surface area (Å²) in [6.45, 7) is 8.96. The molecular formula is C20H27N5O2S. The van der Waals surface area contributed by atoms with Gasteiger partial charge >= 0.3 is 0 Å². The summed E-state index contributed by atoms with van der Waals surface area (Å²) in [5.41, 5.74) is 2.22. The van der Waals surface area contributed by atoms with E-state index in [1.165, 1.54) is 17.3 Å². The Kier molecular flexibility index (Phi) is 6.72. The van der Waals surface area contributed by atoms with Crippen LogP contribution < -0.4 is 0 Å². The van der Waals surface area contributed by atoms with Gasteiger partial charge in [0, 0.05) is 45.2 Å². The Morgan fingerprint density at radius 1 is 1.11 bits per heavy atom. The fourth-order valence-corrected chi connectivity index (χ4v) is 4.17. The summed E-state index contributed by atoms with van der Waals surface area (Å²) in [4.78, 5) is 27.6. The third-order valence-corrected chi connectivity index (χ3v) is 5.79. The van der Waals surface area contributed by atoms with Gasteiger partial charge in [-0.2, -0.15) is 0 Å². The highest BCUT2D eigenvalue weighted by atomic mass is 32.2. The molecule has 1 aliphatic heterocycles. The fourth-order valence-electron chi connectivity index (χ4n) is 3.31. The average molecular weight is 402 g/mol. The highest BCUT2D eigenvalue weighted by molar-refractivity contribution is 7.99. The number of thioether (sulfide) groups is 1. The van der Waals surface area contributed by atoms with Crippen LogP contribution in [-0.4, -0.2) is 68.3 Å². The van der Waals surface area contributed by atoms with Crippen LogP contribution in [0.5, 0.6) is 0 Å². The SMILES string of the molecule is CCCn1c(SCC(=O)N2CCN(C(C)=O)CC2)nnc1-c1cccc(C)c1. The summed E-state index contributed by atoms with van der Waals surface area (Å²) >= 11 is 1.43. The van der Waals surface area contributed by atoms with Gasteiger partial charge in [-0.05, 0) is 19.4 Å². The zero-order chi connectivity index (χ0) is 20.1. The zero-order valence-electron chi connectivity index (χ0n) is 16.7. The second-order valence-electron chi connectivity index (χ2n) is 7.00. The highest BCUT2D eigenvalue weighted by Crippen LogP contribution is 2.25. The number of carbonyl (C=O) groups excluding carboxylic acids is 2. The molecule has 1 saturated heterocycles. The van der Waals surface area contributed by atoms with Crippen LogP contribution >= 0.6 is 11.8 Å². The van der Waals surface area contributed by atoms with Crippen molar-refractivity contribution in [1.29, 1.82) is 0 Å². The molecule has 0 N–H and O–H groups in total. The smallest absolute Gasteiger partial charge is 0.233 e. The van der Waals surface area contributed by atoms with E-state index in [1.54, 1.807) is 11.8 Å². The van der Waals surface area contributed by atoms with E-state index in [-0.39, 0.29) is 11.8 Å². The van der Waals surface area contributed by atoms with Crippen molar-refractivity contribution in [2.75, 3.05) is 31.9 Å². The lowest BCUT2D eigenvalue weighted by Crippen LogP contribution is -2.50. The Balaban J connectivity index is 1.66. The molecule has 0 unspecified atom stereocenters. The van der Waals surface area contributed by atoms with Crippen LogP contribution in [0.25, 0.3) is 11.4 Å². The molecule has 2 aromatic rings. The summed E-state index contributed by atoms with van der Waals surface area (Å²) in [6.07, 6.45) is 0.964. The Morgan fingerprint density at radius 2 is 1.82 bits per heavy atom. The molecule has 8 heteroatoms. The van der Waals surface area contributed by atoms with Crippen molar-refractivity contribution in [3.05, 3.63) is 29.8 Å². The molecule has 1 aromatic heterocycles. The predicted octanol–water partition coefficient (Wildman–Crippen LogP) is 2.45. The van der Waals surface area contributed by atoms with Crippen LogP contribution in [0.2, 0.25) is 0 Å². The first-order valence-electron chi connectivity index (χ1n) is 9.66. The number of aryl methyl sites for hydroxylation is 1. The van der Waals surface area contributed by atoms with Crippen LogP contribution in [-0.2, 0) is 16.1 Å². The number of aromatic nitrogens is 3. The molecule has 1 aliphatic rings. The van der Waals surface area contributed by atoms with Gasteiger partial charge < -0.3 is 14.4 Å². The number of hydrogen-bond acceptors (Lipinski definition) is 5. The minimum atomic E-state index is 0.0674. The largest absolute Gasteiger partial charge is 0.339 e. The maximum Gasteiger partial charge on any atom is 0.233 e. The predicted molar refractivity (Wildman–Crippen MR) is 110 cm³/mol. The molecule has 7 nitrogen and oxygen atoms in total. The van der Waals surface area contributed by atoms with Gasteiger partial charge in [-0.3, -0.25) is 9.59 Å². The summed E-state index contributed by atoms with van der Waals surface area (Å²) in [6, 6.07) is 8.22. The number of benzene rings is 1. The molecule has 2 heterocycles. The number of piperazine rings is 1. The van der Waals surface area contributed by atoms with Crippen molar-refractivity contribution >= 4 is 23.6 Å². The number of nitrogens with zero attached hydrogens (tertiary/aromatic N) is 5. The summed E-state index contributed by atoms with van der Waals surface area (Å²) < 4.78 is 2.10. The lowest BCUT2D eigenvalue weighted by molar-refractivity contribution is -0.136. The van der Waals surface area contributed by atoms with E-state index in [4.69, 9.17) is 0 Å². The highest BCUT2D eigenvalue weighted by Gasteiger charge is 2.23. The van der Waals surface area contributed by atoms with E-state index in [0.717, 1.165) is 29.5 Å². The van der Waals surface area contributed by atoms with Crippen molar-refractivity contribution in [1.82, 2.24) is 24.6 Å². The van der Waals surface area contributed by atoms with Crippen molar-refractivity contribution in [3.8, 4) is 11.4 Å². The number of amides is 2. The standard InChI is InChI=1S/C20H27N5O2S/c1-4-8-25-19(17-7-5-6-15(2)13-17)21-22-20(25)28-14-18(27)24-11-9-23(10-12-24)16(3)26/h5-7,13H,4,8-12,14H2,1-3H3. The molecule has 0 aliphatic carbocycles. The van der Waals surface area contributed by atoms with Crippen LogP contribution in [0.1, 0.15) is 25.8 Å². The Morgan fingerprint density at radius 3 is 2.46 bits per heavy atom. The summed E-state index contributed by atoms with van der Waals surface area (Å²) in [7, 11) is 0. The van der Waals surface area contributed by atoms with E-state index < -0.39 is 0 Å². The first-order valence-corrected chi connectivity index (χ1v) is 10.6. The zero-order valence-corrected chi connectivity index (χ0v) is 17.5. The van der Waals surface area contributed by atoms with Crippen LogP contribution in [0.4, 0.5) is 0 Å². The van der Waals surface area contributed by atoms with Crippen molar-refractivity contribution in [2.45, 2.75) is 38.9 Å². The number of carbonyl (C=O) groups is 2. The Labute approximate surface area is 170 Å². The van der Waals surface area contributed by atoms with Gasteiger partial charge in [-0.15, -0.1) is 10.2 Å². The Hall–Kier alpha value is -2.35. The van der Waals surface area contributed by atoms with Crippen molar-refractivity contribution < 1.29 is 9.59 Å². The van der Waals surface area contributed by atoms with E-state index in [9.17, 15) is 9.59 Å². The maximum atomic E-state index is 12.6. The first-order chi connectivity index (χ1) is 13.5. The van der Waals surface area contributed by atoms with Gasteiger partial charge in [-0.25, -0.2) is 0 Å². The molecule has 0 atom stereocenters. The van der Waals surface area contributed by atoms with Gasteiger partial charge in [-0.1, -0.05) is 42.4 Å². The van der Waals surface area contributed by atoms with E-state index in [0.29, 0.717) is 31.9 Å². The maximum absolute atomic E-state index is 12.6.